The second-order valence-electron chi connectivity index (χ2n) is 6.63. The maximum atomic E-state index is 14.4. The Kier molecular flexibility index (Phi) is 4.44. The third-order valence-corrected chi connectivity index (χ3v) is 4.45. The topological polar surface area (TPSA) is 71.0 Å². The van der Waals surface area contributed by atoms with Crippen molar-refractivity contribution in [2.45, 2.75) is 6.61 Å². The number of benzene rings is 1. The van der Waals surface area contributed by atoms with E-state index in [4.69, 9.17) is 9.52 Å². The first-order chi connectivity index (χ1) is 13.5. The average Bonchev–Trinajstić information content (AvgIpc) is 3.33. The van der Waals surface area contributed by atoms with Crippen molar-refractivity contribution in [3.05, 3.63) is 72.0 Å². The molecule has 1 N–H and O–H groups in total. The highest BCUT2D eigenvalue weighted by Gasteiger charge is 2.15. The summed E-state index contributed by atoms with van der Waals surface area (Å²) in [6, 6.07) is 11.7. The molecule has 0 spiro atoms. The van der Waals surface area contributed by atoms with Crippen molar-refractivity contribution < 1.29 is 18.7 Å². The molecule has 28 heavy (non-hydrogen) atoms. The molecule has 0 aliphatic carbocycles. The normalized spacial score (nSPS) is 11.1. The number of halogens is 1. The molecule has 6 nitrogen and oxygen atoms in total. The molecule has 3 aromatic heterocycles. The van der Waals surface area contributed by atoms with Gasteiger partial charge in [-0.2, -0.15) is 0 Å². The van der Waals surface area contributed by atoms with Gasteiger partial charge in [0.05, 0.1) is 11.3 Å². The van der Waals surface area contributed by atoms with E-state index in [0.717, 1.165) is 5.56 Å². The van der Waals surface area contributed by atoms with E-state index in [1.165, 1.54) is 17.0 Å². The van der Waals surface area contributed by atoms with Gasteiger partial charge in [-0.1, -0.05) is 6.07 Å². The summed E-state index contributed by atoms with van der Waals surface area (Å²) in [5, 5.41) is 9.14. The minimum atomic E-state index is -0.582. The number of furan rings is 1. The SMILES string of the molecule is CN(C)C(=O)c1ccc(-c2cn3cc(-c4ccc(CO)o4)ccc3n2)cc1F. The van der Waals surface area contributed by atoms with E-state index in [1.54, 1.807) is 38.5 Å². The van der Waals surface area contributed by atoms with E-state index in [2.05, 4.69) is 4.98 Å². The molecule has 0 saturated heterocycles. The lowest BCUT2D eigenvalue weighted by Crippen LogP contribution is -2.22. The second kappa shape index (κ2) is 6.94. The van der Waals surface area contributed by atoms with Gasteiger partial charge in [0.2, 0.25) is 0 Å². The Labute approximate surface area is 160 Å². The highest BCUT2D eigenvalue weighted by atomic mass is 19.1. The molecule has 7 heteroatoms. The van der Waals surface area contributed by atoms with Crippen LogP contribution in [-0.4, -0.2) is 39.4 Å². The lowest BCUT2D eigenvalue weighted by Gasteiger charge is -2.11. The van der Waals surface area contributed by atoms with Gasteiger partial charge < -0.3 is 18.8 Å². The number of nitrogens with zero attached hydrogens (tertiary/aromatic N) is 3. The number of pyridine rings is 1. The van der Waals surface area contributed by atoms with Crippen LogP contribution in [0.3, 0.4) is 0 Å². The van der Waals surface area contributed by atoms with Crippen LogP contribution in [0.5, 0.6) is 0 Å². The Bertz CT molecular complexity index is 1180. The Balaban J connectivity index is 1.70. The van der Waals surface area contributed by atoms with E-state index in [9.17, 15) is 9.18 Å². The number of aliphatic hydroxyl groups excluding tert-OH is 1. The summed E-state index contributed by atoms with van der Waals surface area (Å²) in [4.78, 5) is 17.8. The van der Waals surface area contributed by atoms with Gasteiger partial charge in [0, 0.05) is 37.6 Å². The van der Waals surface area contributed by atoms with Crippen LogP contribution in [0.4, 0.5) is 4.39 Å². The van der Waals surface area contributed by atoms with Crippen molar-refractivity contribution in [3.8, 4) is 22.6 Å². The third kappa shape index (κ3) is 3.16. The molecule has 0 bridgehead atoms. The highest BCUT2D eigenvalue weighted by molar-refractivity contribution is 5.94. The van der Waals surface area contributed by atoms with E-state index in [-0.39, 0.29) is 18.1 Å². The minimum Gasteiger partial charge on any atom is -0.459 e. The Morgan fingerprint density at radius 2 is 1.93 bits per heavy atom. The fourth-order valence-electron chi connectivity index (χ4n) is 2.98. The number of carbonyl (C=O) groups is 1. The molecular weight excluding hydrogens is 361 g/mol. The number of fused-ring (bicyclic) bond motifs is 1. The molecular formula is C21H18FN3O3. The summed E-state index contributed by atoms with van der Waals surface area (Å²) in [6.07, 6.45) is 3.64. The van der Waals surface area contributed by atoms with Crippen molar-refractivity contribution in [2.75, 3.05) is 14.1 Å². The van der Waals surface area contributed by atoms with Gasteiger partial charge in [0.15, 0.2) is 0 Å². The number of imidazole rings is 1. The standard InChI is InChI=1S/C21H18FN3O3/c1-24(2)21(27)16-6-3-13(9-17(16)22)18-11-25-10-14(4-8-20(25)23-18)19-7-5-15(12-26)28-19/h3-11,26H,12H2,1-2H3. The number of amides is 1. The fourth-order valence-corrected chi connectivity index (χ4v) is 2.98. The first-order valence-electron chi connectivity index (χ1n) is 8.66. The number of aliphatic hydroxyl groups is 1. The number of hydrogen-bond acceptors (Lipinski definition) is 4. The van der Waals surface area contributed by atoms with E-state index < -0.39 is 5.82 Å². The number of carbonyl (C=O) groups excluding carboxylic acids is 1. The number of hydrogen-bond donors (Lipinski definition) is 1. The molecule has 0 aliphatic rings. The molecule has 0 unspecified atom stereocenters. The summed E-state index contributed by atoms with van der Waals surface area (Å²) >= 11 is 0. The zero-order valence-electron chi connectivity index (χ0n) is 15.4. The molecule has 0 saturated carbocycles. The van der Waals surface area contributed by atoms with Gasteiger partial charge in [-0.3, -0.25) is 4.79 Å². The van der Waals surface area contributed by atoms with Gasteiger partial charge >= 0.3 is 0 Å². The fraction of sp³-hybridized carbons (Fsp3) is 0.143. The Morgan fingerprint density at radius 3 is 2.61 bits per heavy atom. The Morgan fingerprint density at radius 1 is 1.14 bits per heavy atom. The van der Waals surface area contributed by atoms with Crippen molar-refractivity contribution in [1.82, 2.24) is 14.3 Å². The predicted octanol–water partition coefficient (Wildman–Crippen LogP) is 3.59. The zero-order valence-corrected chi connectivity index (χ0v) is 15.4. The van der Waals surface area contributed by atoms with Gasteiger partial charge in [-0.05, 0) is 36.4 Å². The maximum Gasteiger partial charge on any atom is 0.256 e. The van der Waals surface area contributed by atoms with Crippen LogP contribution >= 0.6 is 0 Å². The first kappa shape index (κ1) is 17.9. The molecule has 1 aromatic carbocycles. The molecule has 0 aliphatic heterocycles. The van der Waals surface area contributed by atoms with Gasteiger partial charge in [-0.25, -0.2) is 9.37 Å². The lowest BCUT2D eigenvalue weighted by atomic mass is 10.1. The first-order valence-corrected chi connectivity index (χ1v) is 8.66. The van der Waals surface area contributed by atoms with Gasteiger partial charge in [-0.15, -0.1) is 0 Å². The van der Waals surface area contributed by atoms with Crippen LogP contribution < -0.4 is 0 Å². The smallest absolute Gasteiger partial charge is 0.256 e. The van der Waals surface area contributed by atoms with E-state index in [1.807, 2.05) is 22.7 Å². The molecule has 0 atom stereocenters. The highest BCUT2D eigenvalue weighted by Crippen LogP contribution is 2.26. The summed E-state index contributed by atoms with van der Waals surface area (Å²) < 4.78 is 21.8. The van der Waals surface area contributed by atoms with Crippen LogP contribution in [0.25, 0.3) is 28.2 Å². The molecule has 4 aromatic rings. The average molecular weight is 379 g/mol. The lowest BCUT2D eigenvalue weighted by molar-refractivity contribution is 0.0823. The van der Waals surface area contributed by atoms with Crippen molar-refractivity contribution >= 4 is 11.6 Å². The van der Waals surface area contributed by atoms with Crippen molar-refractivity contribution in [1.29, 1.82) is 0 Å². The molecule has 0 radical (unpaired) electrons. The number of aromatic nitrogens is 2. The molecule has 0 fully saturated rings. The summed E-state index contributed by atoms with van der Waals surface area (Å²) in [5.41, 5.74) is 2.72. The summed E-state index contributed by atoms with van der Waals surface area (Å²) in [6.45, 7) is -0.157. The van der Waals surface area contributed by atoms with Crippen LogP contribution in [0.15, 0.2) is 59.3 Å². The third-order valence-electron chi connectivity index (χ3n) is 4.45. The summed E-state index contributed by atoms with van der Waals surface area (Å²) in [5.74, 6) is 0.161. The maximum absolute atomic E-state index is 14.4. The van der Waals surface area contributed by atoms with Gasteiger partial charge in [0.1, 0.15) is 29.6 Å². The second-order valence-corrected chi connectivity index (χ2v) is 6.63. The minimum absolute atomic E-state index is 0.0253. The zero-order chi connectivity index (χ0) is 19.8. The van der Waals surface area contributed by atoms with E-state index >= 15 is 0 Å². The van der Waals surface area contributed by atoms with Crippen LogP contribution in [0.2, 0.25) is 0 Å². The number of rotatable bonds is 4. The molecule has 142 valence electrons. The largest absolute Gasteiger partial charge is 0.459 e. The van der Waals surface area contributed by atoms with Crippen LogP contribution in [0, 0.1) is 5.82 Å². The predicted molar refractivity (Wildman–Crippen MR) is 102 cm³/mol. The molecule has 1 amide bonds. The Hall–Kier alpha value is -3.45. The van der Waals surface area contributed by atoms with Crippen molar-refractivity contribution in [2.24, 2.45) is 0 Å². The molecule has 3 heterocycles. The van der Waals surface area contributed by atoms with Crippen LogP contribution in [-0.2, 0) is 6.61 Å². The van der Waals surface area contributed by atoms with E-state index in [0.29, 0.717) is 28.4 Å². The monoisotopic (exact) mass is 379 g/mol. The van der Waals surface area contributed by atoms with Gasteiger partial charge in [0.25, 0.3) is 5.91 Å². The van der Waals surface area contributed by atoms with Crippen molar-refractivity contribution in [3.63, 3.8) is 0 Å². The van der Waals surface area contributed by atoms with Crippen LogP contribution in [0.1, 0.15) is 16.1 Å². The molecule has 4 rings (SSSR count). The quantitative estimate of drug-likeness (QED) is 0.588. The summed E-state index contributed by atoms with van der Waals surface area (Å²) in [7, 11) is 3.16.